The van der Waals surface area contributed by atoms with E-state index >= 15 is 0 Å². The van der Waals surface area contributed by atoms with Crippen LogP contribution in [-0.4, -0.2) is 9.55 Å². The summed E-state index contributed by atoms with van der Waals surface area (Å²) in [5, 5.41) is 11.2. The Labute approximate surface area is 334 Å². The highest BCUT2D eigenvalue weighted by Gasteiger charge is 2.21. The first-order valence-corrected chi connectivity index (χ1v) is 20.0. The number of nitrogens with zero attached hydrogens (tertiary/aromatic N) is 1. The van der Waals surface area contributed by atoms with Crippen LogP contribution in [0.3, 0.4) is 0 Å². The SMILES string of the molecule is c1ccc2c(c1)[nH]c1c(-c3cccc4c3oc3cc(-c5cccc6oc7cc8c(cc7c56)oc5c(-n6c7ccccc7c7ccccc76)cccc58)ccc34)cccc12. The fourth-order valence-electron chi connectivity index (χ4n) is 9.98. The second-order valence-electron chi connectivity index (χ2n) is 15.6. The number of fused-ring (bicyclic) bond motifs is 15. The van der Waals surface area contributed by atoms with Crippen molar-refractivity contribution in [3.63, 3.8) is 0 Å². The molecule has 0 amide bonds. The lowest BCUT2D eigenvalue weighted by Gasteiger charge is -2.08. The number of aromatic amines is 1. The van der Waals surface area contributed by atoms with Crippen molar-refractivity contribution in [2.45, 2.75) is 0 Å². The lowest BCUT2D eigenvalue weighted by atomic mass is 9.97. The van der Waals surface area contributed by atoms with Gasteiger partial charge in [-0.3, -0.25) is 0 Å². The van der Waals surface area contributed by atoms with E-state index in [0.717, 1.165) is 116 Å². The van der Waals surface area contributed by atoms with Gasteiger partial charge >= 0.3 is 0 Å². The molecule has 59 heavy (non-hydrogen) atoms. The van der Waals surface area contributed by atoms with Gasteiger partial charge in [0.25, 0.3) is 0 Å². The first-order valence-electron chi connectivity index (χ1n) is 20.0. The van der Waals surface area contributed by atoms with Gasteiger partial charge in [-0.25, -0.2) is 0 Å². The van der Waals surface area contributed by atoms with Crippen LogP contribution in [0.25, 0.3) is 137 Å². The summed E-state index contributed by atoms with van der Waals surface area (Å²) in [5.74, 6) is 0. The maximum atomic E-state index is 6.88. The molecule has 0 saturated heterocycles. The Hall–Kier alpha value is -8.02. The van der Waals surface area contributed by atoms with Gasteiger partial charge in [0.15, 0.2) is 5.58 Å². The first-order chi connectivity index (χ1) is 29.2. The third-order valence-electron chi connectivity index (χ3n) is 12.6. The third kappa shape index (κ3) is 4.18. The number of para-hydroxylation sites is 6. The van der Waals surface area contributed by atoms with Crippen LogP contribution >= 0.6 is 0 Å². The minimum absolute atomic E-state index is 0.823. The van der Waals surface area contributed by atoms with Gasteiger partial charge in [-0.1, -0.05) is 121 Å². The van der Waals surface area contributed by atoms with Crippen molar-refractivity contribution in [3.8, 4) is 27.9 Å². The lowest BCUT2D eigenvalue weighted by Crippen LogP contribution is -1.93. The number of H-pyrrole nitrogens is 1. The standard InChI is InChI=1S/C54H30N2O3/c1-4-20-43-32(11-1)36-15-7-16-37(52(36)55-43)39-18-8-17-38-35-26-25-30(27-48(35)58-53(38)39)31-14-10-24-47-51(31)42-29-49-41(28-50(42)57-47)40-19-9-23-46(54(40)59-49)56-44-21-5-2-12-33(44)34-13-3-6-22-45(34)56/h1-29,55H. The van der Waals surface area contributed by atoms with Gasteiger partial charge < -0.3 is 22.8 Å². The zero-order valence-electron chi connectivity index (χ0n) is 31.4. The summed E-state index contributed by atoms with van der Waals surface area (Å²) in [6, 6.07) is 62.2. The largest absolute Gasteiger partial charge is 0.456 e. The molecular formula is C54H30N2O3. The number of furan rings is 3. The van der Waals surface area contributed by atoms with E-state index in [0.29, 0.717) is 0 Å². The van der Waals surface area contributed by atoms with Gasteiger partial charge in [0.1, 0.15) is 27.9 Å². The number of hydrogen-bond donors (Lipinski definition) is 1. The molecule has 0 atom stereocenters. The zero-order chi connectivity index (χ0) is 38.3. The van der Waals surface area contributed by atoms with E-state index in [2.05, 4.69) is 185 Å². The van der Waals surface area contributed by atoms with Crippen LogP contribution in [-0.2, 0) is 0 Å². The minimum Gasteiger partial charge on any atom is -0.456 e. The van der Waals surface area contributed by atoms with E-state index in [1.165, 1.54) is 21.5 Å². The average molecular weight is 755 g/mol. The second-order valence-corrected chi connectivity index (χ2v) is 15.6. The normalized spacial score (nSPS) is 12.4. The fourth-order valence-corrected chi connectivity index (χ4v) is 9.98. The molecule has 14 rings (SSSR count). The molecule has 0 radical (unpaired) electrons. The summed E-state index contributed by atoms with van der Waals surface area (Å²) >= 11 is 0. The topological polar surface area (TPSA) is 60.1 Å². The highest BCUT2D eigenvalue weighted by atomic mass is 16.3. The summed E-state index contributed by atoms with van der Waals surface area (Å²) in [5.41, 5.74) is 14.9. The van der Waals surface area contributed by atoms with Crippen LogP contribution in [0, 0.1) is 0 Å². The van der Waals surface area contributed by atoms with Gasteiger partial charge in [0.2, 0.25) is 0 Å². The number of benzene rings is 9. The highest BCUT2D eigenvalue weighted by Crippen LogP contribution is 2.45. The predicted molar refractivity (Wildman–Crippen MR) is 243 cm³/mol. The monoisotopic (exact) mass is 754 g/mol. The molecule has 274 valence electrons. The van der Waals surface area contributed by atoms with Crippen molar-refractivity contribution < 1.29 is 13.3 Å². The van der Waals surface area contributed by atoms with E-state index in [4.69, 9.17) is 13.3 Å². The Kier molecular flexibility index (Phi) is 5.96. The summed E-state index contributed by atoms with van der Waals surface area (Å²) in [4.78, 5) is 3.69. The van der Waals surface area contributed by atoms with Crippen molar-refractivity contribution in [3.05, 3.63) is 176 Å². The molecule has 14 aromatic rings. The number of hydrogen-bond acceptors (Lipinski definition) is 3. The van der Waals surface area contributed by atoms with Crippen molar-refractivity contribution >= 4 is 109 Å². The van der Waals surface area contributed by atoms with Crippen molar-refractivity contribution in [2.75, 3.05) is 0 Å². The molecule has 0 unspecified atom stereocenters. The van der Waals surface area contributed by atoms with Gasteiger partial charge in [0.05, 0.1) is 22.2 Å². The fraction of sp³-hybridized carbons (Fsp3) is 0. The first kappa shape index (κ1) is 31.1. The molecule has 0 saturated carbocycles. The van der Waals surface area contributed by atoms with E-state index in [1.54, 1.807) is 0 Å². The third-order valence-corrected chi connectivity index (χ3v) is 12.6. The van der Waals surface area contributed by atoms with Crippen LogP contribution in [0.1, 0.15) is 0 Å². The molecule has 0 aliphatic heterocycles. The molecule has 5 nitrogen and oxygen atoms in total. The van der Waals surface area contributed by atoms with E-state index in [9.17, 15) is 0 Å². The molecule has 0 aliphatic carbocycles. The predicted octanol–water partition coefficient (Wildman–Crippen LogP) is 15.5. The van der Waals surface area contributed by atoms with Gasteiger partial charge in [-0.05, 0) is 65.7 Å². The molecule has 0 aliphatic rings. The van der Waals surface area contributed by atoms with Crippen molar-refractivity contribution in [2.24, 2.45) is 0 Å². The number of nitrogens with one attached hydrogen (secondary N) is 1. The maximum Gasteiger partial charge on any atom is 0.159 e. The van der Waals surface area contributed by atoms with E-state index in [-0.39, 0.29) is 0 Å². The number of rotatable bonds is 3. The Morgan fingerprint density at radius 2 is 0.966 bits per heavy atom. The molecular weight excluding hydrogens is 725 g/mol. The summed E-state index contributed by atoms with van der Waals surface area (Å²) < 4.78 is 22.7. The quantitative estimate of drug-likeness (QED) is 0.195. The summed E-state index contributed by atoms with van der Waals surface area (Å²) in [6.45, 7) is 0. The molecule has 0 spiro atoms. The van der Waals surface area contributed by atoms with Crippen LogP contribution in [0.5, 0.6) is 0 Å². The second kappa shape index (κ2) is 11.3. The Bertz CT molecular complexity index is 4040. The molecule has 5 heterocycles. The molecule has 0 fully saturated rings. The summed E-state index contributed by atoms with van der Waals surface area (Å²) in [7, 11) is 0. The van der Waals surface area contributed by atoms with E-state index in [1.807, 2.05) is 0 Å². The van der Waals surface area contributed by atoms with Gasteiger partial charge in [0, 0.05) is 70.5 Å². The molecule has 5 heteroatoms. The van der Waals surface area contributed by atoms with Crippen molar-refractivity contribution in [1.29, 1.82) is 0 Å². The highest BCUT2D eigenvalue weighted by molar-refractivity contribution is 6.21. The molecule has 9 aromatic carbocycles. The zero-order valence-corrected chi connectivity index (χ0v) is 31.4. The molecule has 1 N–H and O–H groups in total. The molecule has 5 aromatic heterocycles. The van der Waals surface area contributed by atoms with E-state index < -0.39 is 0 Å². The van der Waals surface area contributed by atoms with Crippen LogP contribution < -0.4 is 0 Å². The van der Waals surface area contributed by atoms with Crippen LogP contribution in [0.15, 0.2) is 189 Å². The lowest BCUT2D eigenvalue weighted by molar-refractivity contribution is 0.662. The Balaban J connectivity index is 0.943. The Morgan fingerprint density at radius 3 is 1.81 bits per heavy atom. The van der Waals surface area contributed by atoms with Gasteiger partial charge in [-0.15, -0.1) is 0 Å². The van der Waals surface area contributed by atoms with Crippen LogP contribution in [0.2, 0.25) is 0 Å². The molecule has 0 bridgehead atoms. The minimum atomic E-state index is 0.823. The van der Waals surface area contributed by atoms with Crippen LogP contribution in [0.4, 0.5) is 0 Å². The van der Waals surface area contributed by atoms with Gasteiger partial charge in [-0.2, -0.15) is 0 Å². The van der Waals surface area contributed by atoms with Crippen molar-refractivity contribution in [1.82, 2.24) is 9.55 Å². The summed E-state index contributed by atoms with van der Waals surface area (Å²) in [6.07, 6.45) is 0. The maximum absolute atomic E-state index is 6.88. The smallest absolute Gasteiger partial charge is 0.159 e. The average Bonchev–Trinajstić information content (AvgIpc) is 4.10. The Morgan fingerprint density at radius 1 is 0.356 bits per heavy atom. The number of aromatic nitrogens is 2.